The van der Waals surface area contributed by atoms with Crippen LogP contribution in [0.3, 0.4) is 0 Å². The summed E-state index contributed by atoms with van der Waals surface area (Å²) >= 11 is 0. The van der Waals surface area contributed by atoms with Crippen LogP contribution in [0.2, 0.25) is 0 Å². The molecule has 17 heavy (non-hydrogen) atoms. The van der Waals surface area contributed by atoms with Gasteiger partial charge in [-0.1, -0.05) is 6.07 Å². The second-order valence-corrected chi connectivity index (χ2v) is 3.55. The van der Waals surface area contributed by atoms with Gasteiger partial charge in [-0.15, -0.1) is 0 Å². The highest BCUT2D eigenvalue weighted by Crippen LogP contribution is 2.19. The highest BCUT2D eigenvalue weighted by Gasteiger charge is 1.93. The van der Waals surface area contributed by atoms with E-state index in [9.17, 15) is 0 Å². The number of nitrogens with zero attached hydrogens (tertiary/aromatic N) is 1. The fourth-order valence-corrected chi connectivity index (χ4v) is 1.40. The van der Waals surface area contributed by atoms with Crippen LogP contribution in [0.15, 0.2) is 53.5 Å². The van der Waals surface area contributed by atoms with E-state index in [0.717, 1.165) is 17.0 Å². The Balaban J connectivity index is 2.16. The van der Waals surface area contributed by atoms with Crippen molar-refractivity contribution in [1.82, 2.24) is 0 Å². The van der Waals surface area contributed by atoms with E-state index in [1.807, 2.05) is 24.3 Å². The first-order chi connectivity index (χ1) is 8.28. The molecule has 3 nitrogen and oxygen atoms in total. The van der Waals surface area contributed by atoms with Crippen molar-refractivity contribution in [2.45, 2.75) is 0 Å². The number of rotatable bonds is 3. The van der Waals surface area contributed by atoms with Crippen LogP contribution in [0, 0.1) is 0 Å². The summed E-state index contributed by atoms with van der Waals surface area (Å²) in [5, 5.41) is 9.15. The third-order valence-electron chi connectivity index (χ3n) is 2.31. The van der Waals surface area contributed by atoms with Crippen LogP contribution >= 0.6 is 0 Å². The molecule has 0 aliphatic carbocycles. The van der Waals surface area contributed by atoms with Gasteiger partial charge in [0.2, 0.25) is 0 Å². The Bertz CT molecular complexity index is 518. The monoisotopic (exact) mass is 227 g/mol. The smallest absolute Gasteiger partial charge is 0.121 e. The van der Waals surface area contributed by atoms with Gasteiger partial charge in [0.25, 0.3) is 0 Å². The molecule has 0 saturated carbocycles. The minimum atomic E-state index is 0.253. The highest BCUT2D eigenvalue weighted by atomic mass is 16.5. The lowest BCUT2D eigenvalue weighted by Gasteiger charge is -1.99. The summed E-state index contributed by atoms with van der Waals surface area (Å²) in [7, 11) is 1.63. The number of phenolic OH excluding ortho intramolecular Hbond substituents is 1. The van der Waals surface area contributed by atoms with Crippen molar-refractivity contribution >= 4 is 11.9 Å². The van der Waals surface area contributed by atoms with E-state index in [1.165, 1.54) is 0 Å². The maximum absolute atomic E-state index is 9.15. The molecule has 86 valence electrons. The maximum Gasteiger partial charge on any atom is 0.121 e. The van der Waals surface area contributed by atoms with Gasteiger partial charge in [0.15, 0.2) is 0 Å². The first-order valence-corrected chi connectivity index (χ1v) is 5.25. The molecule has 2 rings (SSSR count). The molecule has 0 spiro atoms. The molecule has 0 radical (unpaired) electrons. The van der Waals surface area contributed by atoms with Crippen molar-refractivity contribution < 1.29 is 9.84 Å². The van der Waals surface area contributed by atoms with E-state index in [2.05, 4.69) is 4.99 Å². The Labute approximate surface area is 100 Å². The van der Waals surface area contributed by atoms with Crippen molar-refractivity contribution in [2.75, 3.05) is 7.11 Å². The summed E-state index contributed by atoms with van der Waals surface area (Å²) in [6.07, 6.45) is 1.74. The molecule has 2 aromatic carbocycles. The average molecular weight is 227 g/mol. The Morgan fingerprint density at radius 2 is 1.88 bits per heavy atom. The van der Waals surface area contributed by atoms with Crippen LogP contribution in [0.4, 0.5) is 5.69 Å². The van der Waals surface area contributed by atoms with E-state index in [4.69, 9.17) is 9.84 Å². The molecule has 0 unspecified atom stereocenters. The normalized spacial score (nSPS) is 10.6. The summed E-state index contributed by atoms with van der Waals surface area (Å²) in [6.45, 7) is 0. The van der Waals surface area contributed by atoms with Crippen LogP contribution in [-0.2, 0) is 0 Å². The molecule has 3 heteroatoms. The Morgan fingerprint density at radius 3 is 2.59 bits per heavy atom. The van der Waals surface area contributed by atoms with Gasteiger partial charge in [-0.3, -0.25) is 4.99 Å². The Kier molecular flexibility index (Phi) is 3.40. The fourth-order valence-electron chi connectivity index (χ4n) is 1.40. The van der Waals surface area contributed by atoms with E-state index in [1.54, 1.807) is 37.6 Å². The van der Waals surface area contributed by atoms with Crippen molar-refractivity contribution in [3.63, 3.8) is 0 Å². The van der Waals surface area contributed by atoms with Crippen LogP contribution in [-0.4, -0.2) is 18.4 Å². The van der Waals surface area contributed by atoms with Crippen molar-refractivity contribution in [2.24, 2.45) is 4.99 Å². The lowest BCUT2D eigenvalue weighted by molar-refractivity contribution is 0.415. The van der Waals surface area contributed by atoms with Gasteiger partial charge < -0.3 is 9.84 Å². The number of methoxy groups -OCH3 is 1. The first kappa shape index (κ1) is 11.2. The third kappa shape index (κ3) is 3.08. The zero-order valence-electron chi connectivity index (χ0n) is 9.50. The van der Waals surface area contributed by atoms with Crippen LogP contribution < -0.4 is 4.74 Å². The molecule has 0 saturated heterocycles. The second kappa shape index (κ2) is 5.16. The van der Waals surface area contributed by atoms with Crippen molar-refractivity contribution in [3.8, 4) is 11.5 Å². The molecule has 0 aromatic heterocycles. The maximum atomic E-state index is 9.15. The molecule has 0 heterocycles. The third-order valence-corrected chi connectivity index (χ3v) is 2.31. The topological polar surface area (TPSA) is 41.8 Å². The molecule has 2 aromatic rings. The zero-order valence-corrected chi connectivity index (χ0v) is 9.50. The molecule has 0 aliphatic rings. The number of aliphatic imine (C=N–C) groups is 1. The Hall–Kier alpha value is -2.29. The van der Waals surface area contributed by atoms with Crippen LogP contribution in [0.25, 0.3) is 0 Å². The van der Waals surface area contributed by atoms with Gasteiger partial charge >= 0.3 is 0 Å². The second-order valence-electron chi connectivity index (χ2n) is 3.55. The molecule has 0 amide bonds. The number of hydrogen-bond acceptors (Lipinski definition) is 3. The Morgan fingerprint density at radius 1 is 1.12 bits per heavy atom. The molecule has 1 N–H and O–H groups in total. The summed E-state index contributed by atoms with van der Waals surface area (Å²) in [5.41, 5.74) is 1.77. The van der Waals surface area contributed by atoms with E-state index >= 15 is 0 Å². The molecule has 0 fully saturated rings. The lowest BCUT2D eigenvalue weighted by atomic mass is 10.2. The number of benzene rings is 2. The minimum absolute atomic E-state index is 0.253. The van der Waals surface area contributed by atoms with E-state index in [-0.39, 0.29) is 5.75 Å². The highest BCUT2D eigenvalue weighted by molar-refractivity contribution is 5.82. The standard InChI is InChI=1S/C14H13NO2/c1-17-14-4-2-3-12(9-14)15-10-11-5-7-13(16)8-6-11/h2-10,16H,1H3. The number of aromatic hydroxyl groups is 1. The van der Waals surface area contributed by atoms with Gasteiger partial charge in [-0.25, -0.2) is 0 Å². The van der Waals surface area contributed by atoms with Crippen molar-refractivity contribution in [3.05, 3.63) is 54.1 Å². The van der Waals surface area contributed by atoms with E-state index < -0.39 is 0 Å². The average Bonchev–Trinajstić information content (AvgIpc) is 2.38. The minimum Gasteiger partial charge on any atom is -0.508 e. The lowest BCUT2D eigenvalue weighted by Crippen LogP contribution is -1.81. The summed E-state index contributed by atoms with van der Waals surface area (Å²) < 4.78 is 5.12. The summed E-state index contributed by atoms with van der Waals surface area (Å²) in [4.78, 5) is 4.33. The van der Waals surface area contributed by atoms with Crippen molar-refractivity contribution in [1.29, 1.82) is 0 Å². The number of hydrogen-bond donors (Lipinski definition) is 1. The molecule has 0 aliphatic heterocycles. The van der Waals surface area contributed by atoms with Gasteiger partial charge in [-0.05, 0) is 42.0 Å². The summed E-state index contributed by atoms with van der Waals surface area (Å²) in [6, 6.07) is 14.4. The molecule has 0 bridgehead atoms. The van der Waals surface area contributed by atoms with Gasteiger partial charge in [0.05, 0.1) is 12.8 Å². The zero-order chi connectivity index (χ0) is 12.1. The van der Waals surface area contributed by atoms with Gasteiger partial charge in [0.1, 0.15) is 11.5 Å². The van der Waals surface area contributed by atoms with Crippen LogP contribution in [0.5, 0.6) is 11.5 Å². The van der Waals surface area contributed by atoms with Crippen LogP contribution in [0.1, 0.15) is 5.56 Å². The predicted octanol–water partition coefficient (Wildman–Crippen LogP) is 3.15. The number of ether oxygens (including phenoxy) is 1. The van der Waals surface area contributed by atoms with Gasteiger partial charge in [0, 0.05) is 12.3 Å². The van der Waals surface area contributed by atoms with Gasteiger partial charge in [-0.2, -0.15) is 0 Å². The molecule has 0 atom stereocenters. The largest absolute Gasteiger partial charge is 0.508 e. The summed E-state index contributed by atoms with van der Waals surface area (Å²) in [5.74, 6) is 1.04. The first-order valence-electron chi connectivity index (χ1n) is 5.25. The quantitative estimate of drug-likeness (QED) is 0.818. The fraction of sp³-hybridized carbons (Fsp3) is 0.0714. The predicted molar refractivity (Wildman–Crippen MR) is 68.4 cm³/mol. The number of phenols is 1. The molecular formula is C14H13NO2. The SMILES string of the molecule is COc1cccc(N=Cc2ccc(O)cc2)c1. The van der Waals surface area contributed by atoms with E-state index in [0.29, 0.717) is 0 Å². The molecular weight excluding hydrogens is 214 g/mol.